The van der Waals surface area contributed by atoms with Gasteiger partial charge in [-0.2, -0.15) is 0 Å². The number of aryl methyl sites for hydroxylation is 1. The number of hydrogen-bond acceptors (Lipinski definition) is 3. The summed E-state index contributed by atoms with van der Waals surface area (Å²) in [7, 11) is 0. The van der Waals surface area contributed by atoms with Gasteiger partial charge in [0.05, 0.1) is 6.54 Å². The van der Waals surface area contributed by atoms with Crippen LogP contribution in [0.1, 0.15) is 36.0 Å². The van der Waals surface area contributed by atoms with E-state index in [9.17, 15) is 4.79 Å². The number of ether oxygens (including phenoxy) is 1. The third-order valence-electron chi connectivity index (χ3n) is 5.20. The Balaban J connectivity index is 1.88. The monoisotopic (exact) mass is 307 g/mol. The summed E-state index contributed by atoms with van der Waals surface area (Å²) < 4.78 is 6.01. The lowest BCUT2D eigenvalue weighted by Gasteiger charge is -2.53. The predicted molar refractivity (Wildman–Crippen MR) is 90.6 cm³/mol. The molecule has 0 N–H and O–H groups in total. The fourth-order valence-electron chi connectivity index (χ4n) is 4.22. The fourth-order valence-corrected chi connectivity index (χ4v) is 4.22. The van der Waals surface area contributed by atoms with Crippen LogP contribution in [0.2, 0.25) is 0 Å². The van der Waals surface area contributed by atoms with Gasteiger partial charge in [-0.25, -0.2) is 0 Å². The molecule has 2 bridgehead atoms. The molecule has 0 saturated carbocycles. The lowest BCUT2D eigenvalue weighted by molar-refractivity contribution is -0.162. The zero-order chi connectivity index (χ0) is 16.0. The van der Waals surface area contributed by atoms with Crippen LogP contribution < -0.4 is 4.90 Å². The van der Waals surface area contributed by atoms with Crippen molar-refractivity contribution in [1.82, 2.24) is 0 Å². The number of carbonyl (C=O) groups is 1. The summed E-state index contributed by atoms with van der Waals surface area (Å²) in [6, 6.07) is 16.9. The summed E-state index contributed by atoms with van der Waals surface area (Å²) in [6.45, 7) is 5.35. The molecule has 3 heterocycles. The third-order valence-corrected chi connectivity index (χ3v) is 5.20. The number of para-hydroxylation sites is 1. The summed E-state index contributed by atoms with van der Waals surface area (Å²) in [5, 5.41) is 0. The van der Waals surface area contributed by atoms with Crippen LogP contribution in [0.25, 0.3) is 0 Å². The summed E-state index contributed by atoms with van der Waals surface area (Å²) >= 11 is 0. The summed E-state index contributed by atoms with van der Waals surface area (Å²) in [5.74, 6) is 0.00659. The van der Waals surface area contributed by atoms with Crippen LogP contribution in [-0.2, 0) is 15.1 Å². The number of rotatable bonds is 2. The largest absolute Gasteiger partial charge is 0.452 e. The molecule has 3 heteroatoms. The molecule has 2 atom stereocenters. The van der Waals surface area contributed by atoms with Gasteiger partial charge in [0.1, 0.15) is 0 Å². The minimum atomic E-state index is -0.577. The zero-order valence-electron chi connectivity index (χ0n) is 13.6. The van der Waals surface area contributed by atoms with Crippen LogP contribution in [0.3, 0.4) is 0 Å². The minimum Gasteiger partial charge on any atom is -0.452 e. The van der Waals surface area contributed by atoms with Crippen LogP contribution >= 0.6 is 0 Å². The van der Waals surface area contributed by atoms with E-state index in [0.717, 1.165) is 25.1 Å². The first-order valence-electron chi connectivity index (χ1n) is 8.21. The molecule has 118 valence electrons. The van der Waals surface area contributed by atoms with Gasteiger partial charge in [-0.3, -0.25) is 4.79 Å². The molecule has 1 saturated heterocycles. The van der Waals surface area contributed by atoms with Crippen molar-refractivity contribution in [2.75, 3.05) is 18.0 Å². The van der Waals surface area contributed by atoms with Gasteiger partial charge in [0.2, 0.25) is 0 Å². The van der Waals surface area contributed by atoms with Crippen molar-refractivity contribution in [2.45, 2.75) is 31.8 Å². The van der Waals surface area contributed by atoms with Gasteiger partial charge >= 0.3 is 5.97 Å². The molecule has 0 aromatic heterocycles. The van der Waals surface area contributed by atoms with E-state index in [2.05, 4.69) is 60.4 Å². The maximum absolute atomic E-state index is 11.9. The Hall–Kier alpha value is -2.29. The predicted octanol–water partition coefficient (Wildman–Crippen LogP) is 3.76. The van der Waals surface area contributed by atoms with E-state index >= 15 is 0 Å². The Morgan fingerprint density at radius 2 is 1.91 bits per heavy atom. The summed E-state index contributed by atoms with van der Waals surface area (Å²) in [4.78, 5) is 14.3. The first kappa shape index (κ1) is 14.3. The number of piperidine rings is 1. The molecule has 0 spiro atoms. The second kappa shape index (κ2) is 5.12. The van der Waals surface area contributed by atoms with Crippen LogP contribution in [0.4, 0.5) is 5.69 Å². The van der Waals surface area contributed by atoms with E-state index < -0.39 is 5.60 Å². The number of esters is 1. The number of anilines is 1. The topological polar surface area (TPSA) is 29.5 Å². The molecular formula is C20H21NO2. The Bertz CT molecular complexity index is 752. The third kappa shape index (κ3) is 2.14. The highest BCUT2D eigenvalue weighted by molar-refractivity contribution is 5.69. The lowest BCUT2D eigenvalue weighted by atomic mass is 9.69. The Labute approximate surface area is 136 Å². The van der Waals surface area contributed by atoms with E-state index in [1.54, 1.807) is 0 Å². The van der Waals surface area contributed by atoms with E-state index in [1.165, 1.54) is 23.7 Å². The standard InChI is InChI=1S/C20H21NO2/c1-14-7-9-16(10-8-14)20(23-15(2)22)13-21-12-11-18(20)17-5-3-4-6-19(17)21/h3-10,18H,11-13H2,1-2H3/t18-,20-/m0/s1. The molecular weight excluding hydrogens is 286 g/mol. The molecule has 0 aliphatic carbocycles. The number of benzene rings is 2. The van der Waals surface area contributed by atoms with Gasteiger partial charge in [0.25, 0.3) is 0 Å². The zero-order valence-corrected chi connectivity index (χ0v) is 13.6. The quantitative estimate of drug-likeness (QED) is 0.791. The number of fused-ring (bicyclic) bond motifs is 2. The first-order valence-corrected chi connectivity index (χ1v) is 8.21. The lowest BCUT2D eigenvalue weighted by Crippen LogP contribution is -2.56. The Kier molecular flexibility index (Phi) is 3.19. The highest BCUT2D eigenvalue weighted by atomic mass is 16.6. The maximum atomic E-state index is 11.9. The summed E-state index contributed by atoms with van der Waals surface area (Å²) in [6.07, 6.45) is 1.01. The van der Waals surface area contributed by atoms with E-state index in [1.807, 2.05) is 0 Å². The molecule has 23 heavy (non-hydrogen) atoms. The molecule has 0 amide bonds. The molecule has 0 radical (unpaired) electrons. The number of carbonyl (C=O) groups excluding carboxylic acids is 1. The van der Waals surface area contributed by atoms with Crippen LogP contribution in [-0.4, -0.2) is 19.1 Å². The highest BCUT2D eigenvalue weighted by Gasteiger charge is 2.52. The second-order valence-electron chi connectivity index (χ2n) is 6.67. The fraction of sp³-hybridized carbons (Fsp3) is 0.350. The Morgan fingerprint density at radius 3 is 2.65 bits per heavy atom. The molecule has 3 nitrogen and oxygen atoms in total. The average Bonchev–Trinajstić information content (AvgIpc) is 2.55. The van der Waals surface area contributed by atoms with Crippen LogP contribution in [0.5, 0.6) is 0 Å². The molecule has 3 aliphatic heterocycles. The smallest absolute Gasteiger partial charge is 0.303 e. The van der Waals surface area contributed by atoms with Crippen molar-refractivity contribution in [3.63, 3.8) is 0 Å². The molecule has 2 aromatic rings. The van der Waals surface area contributed by atoms with E-state index in [0.29, 0.717) is 0 Å². The van der Waals surface area contributed by atoms with Crippen LogP contribution in [0.15, 0.2) is 48.5 Å². The van der Waals surface area contributed by atoms with Gasteiger partial charge in [0.15, 0.2) is 5.60 Å². The van der Waals surface area contributed by atoms with Crippen molar-refractivity contribution in [1.29, 1.82) is 0 Å². The van der Waals surface area contributed by atoms with Crippen molar-refractivity contribution in [3.8, 4) is 0 Å². The first-order chi connectivity index (χ1) is 11.1. The van der Waals surface area contributed by atoms with Gasteiger partial charge in [-0.1, -0.05) is 48.0 Å². The second-order valence-corrected chi connectivity index (χ2v) is 6.67. The van der Waals surface area contributed by atoms with E-state index in [-0.39, 0.29) is 11.9 Å². The van der Waals surface area contributed by atoms with Gasteiger partial charge in [-0.05, 0) is 30.5 Å². The van der Waals surface area contributed by atoms with E-state index in [4.69, 9.17) is 4.74 Å². The molecule has 1 fully saturated rings. The number of nitrogens with zero attached hydrogens (tertiary/aromatic N) is 1. The highest BCUT2D eigenvalue weighted by Crippen LogP contribution is 2.53. The van der Waals surface area contributed by atoms with Gasteiger partial charge in [0, 0.05) is 25.1 Å². The molecule has 0 unspecified atom stereocenters. The SMILES string of the molecule is CC(=O)O[C@]1(c2ccc(C)cc2)CN2CC[C@H]1c1ccccc12. The molecule has 5 rings (SSSR count). The van der Waals surface area contributed by atoms with Crippen LogP contribution in [0, 0.1) is 6.92 Å². The minimum absolute atomic E-state index is 0.211. The Morgan fingerprint density at radius 1 is 1.17 bits per heavy atom. The normalized spacial score (nSPS) is 25.1. The summed E-state index contributed by atoms with van der Waals surface area (Å²) in [5.41, 5.74) is 4.33. The molecule has 3 aliphatic rings. The molecule has 2 aromatic carbocycles. The van der Waals surface area contributed by atoms with Crippen molar-refractivity contribution in [3.05, 3.63) is 65.2 Å². The van der Waals surface area contributed by atoms with Crippen molar-refractivity contribution >= 4 is 11.7 Å². The number of hydrogen-bond donors (Lipinski definition) is 0. The average molecular weight is 307 g/mol. The maximum Gasteiger partial charge on any atom is 0.303 e. The van der Waals surface area contributed by atoms with Crippen molar-refractivity contribution in [2.24, 2.45) is 0 Å². The van der Waals surface area contributed by atoms with Gasteiger partial charge < -0.3 is 9.64 Å². The van der Waals surface area contributed by atoms with Gasteiger partial charge in [-0.15, -0.1) is 0 Å². The van der Waals surface area contributed by atoms with Crippen molar-refractivity contribution < 1.29 is 9.53 Å².